The minimum absolute atomic E-state index is 0.140. The van der Waals surface area contributed by atoms with Crippen LogP contribution in [0.3, 0.4) is 0 Å². The van der Waals surface area contributed by atoms with Crippen molar-refractivity contribution in [3.8, 4) is 0 Å². The summed E-state index contributed by atoms with van der Waals surface area (Å²) >= 11 is 0. The first-order chi connectivity index (χ1) is 14.7. The maximum Gasteiger partial charge on any atom is 0.322 e. The number of rotatable bonds is 4. The highest BCUT2D eigenvalue weighted by atomic mass is 16.2. The summed E-state index contributed by atoms with van der Waals surface area (Å²) in [6, 6.07) is -0.646. The third-order valence-corrected chi connectivity index (χ3v) is 11.9. The standard InChI is InChI=1S/C27H44N2O2/c1-17(7-10-22-23(30)29-24(31)28-22)19-8-9-20-18-11-15-25(2)13-5-6-14-27(25,4)21(18)12-16-26(19,20)3/h17-22H,5-16H2,1-4H3,(H2,28,29,30,31). The molecule has 4 aliphatic carbocycles. The molecule has 5 aliphatic rings. The summed E-state index contributed by atoms with van der Waals surface area (Å²) in [5, 5.41) is 5.17. The molecule has 2 N–H and O–H groups in total. The molecule has 0 bridgehead atoms. The fourth-order valence-electron chi connectivity index (χ4n) is 9.87. The number of fused-ring (bicyclic) bond motifs is 5. The van der Waals surface area contributed by atoms with Gasteiger partial charge in [0.1, 0.15) is 6.04 Å². The first-order valence-electron chi connectivity index (χ1n) is 13.3. The van der Waals surface area contributed by atoms with Crippen molar-refractivity contribution in [1.82, 2.24) is 10.6 Å². The Labute approximate surface area is 189 Å². The van der Waals surface area contributed by atoms with Crippen LogP contribution in [-0.2, 0) is 4.79 Å². The van der Waals surface area contributed by atoms with Gasteiger partial charge in [-0.1, -0.05) is 40.5 Å². The number of amides is 3. The van der Waals surface area contributed by atoms with Gasteiger partial charge in [0.05, 0.1) is 0 Å². The predicted molar refractivity (Wildman–Crippen MR) is 123 cm³/mol. The van der Waals surface area contributed by atoms with E-state index in [1.54, 1.807) is 0 Å². The Morgan fingerprint density at radius 3 is 2.45 bits per heavy atom. The first kappa shape index (κ1) is 21.8. The van der Waals surface area contributed by atoms with Gasteiger partial charge in [-0.15, -0.1) is 0 Å². The molecule has 1 saturated heterocycles. The second-order valence-electron chi connectivity index (χ2n) is 12.9. The van der Waals surface area contributed by atoms with Crippen LogP contribution in [0, 0.1) is 45.8 Å². The number of urea groups is 1. The molecule has 5 rings (SSSR count). The second kappa shape index (κ2) is 7.48. The van der Waals surface area contributed by atoms with Crippen LogP contribution < -0.4 is 10.6 Å². The third kappa shape index (κ3) is 3.21. The minimum Gasteiger partial charge on any atom is -0.326 e. The van der Waals surface area contributed by atoms with E-state index in [1.165, 1.54) is 64.2 Å². The van der Waals surface area contributed by atoms with Crippen molar-refractivity contribution in [1.29, 1.82) is 0 Å². The molecule has 174 valence electrons. The number of hydrogen-bond donors (Lipinski definition) is 2. The predicted octanol–water partition coefficient (Wildman–Crippen LogP) is 6.05. The van der Waals surface area contributed by atoms with Crippen LogP contribution in [0.1, 0.15) is 105 Å². The van der Waals surface area contributed by atoms with Gasteiger partial charge in [-0.2, -0.15) is 0 Å². The van der Waals surface area contributed by atoms with Crippen LogP contribution in [0.5, 0.6) is 0 Å². The Balaban J connectivity index is 1.29. The number of carbonyl (C=O) groups is 2. The summed E-state index contributed by atoms with van der Waals surface area (Å²) in [4.78, 5) is 23.4. The van der Waals surface area contributed by atoms with E-state index in [2.05, 4.69) is 38.3 Å². The maximum atomic E-state index is 11.9. The minimum atomic E-state index is -0.325. The number of hydrogen-bond acceptors (Lipinski definition) is 2. The van der Waals surface area contributed by atoms with Crippen molar-refractivity contribution < 1.29 is 9.59 Å². The highest BCUT2D eigenvalue weighted by molar-refractivity contribution is 6.04. The molecule has 4 saturated carbocycles. The van der Waals surface area contributed by atoms with Crippen molar-refractivity contribution in [2.24, 2.45) is 45.8 Å². The Morgan fingerprint density at radius 2 is 1.71 bits per heavy atom. The molecule has 9 unspecified atom stereocenters. The van der Waals surface area contributed by atoms with Gasteiger partial charge in [0.25, 0.3) is 5.91 Å². The molecule has 5 fully saturated rings. The SMILES string of the molecule is CC(CCC1NC(=O)NC1=O)C1CCC2C3CCC4(C)CCCCC4(C)C3CCC12C. The molecule has 1 heterocycles. The van der Waals surface area contributed by atoms with Crippen LogP contribution in [-0.4, -0.2) is 18.0 Å². The van der Waals surface area contributed by atoms with E-state index < -0.39 is 0 Å². The summed E-state index contributed by atoms with van der Waals surface area (Å²) in [7, 11) is 0. The lowest BCUT2D eigenvalue weighted by Gasteiger charge is -2.65. The van der Waals surface area contributed by atoms with Crippen LogP contribution in [0.4, 0.5) is 4.79 Å². The molecule has 31 heavy (non-hydrogen) atoms. The van der Waals surface area contributed by atoms with E-state index in [9.17, 15) is 9.59 Å². The van der Waals surface area contributed by atoms with E-state index in [-0.39, 0.29) is 18.0 Å². The fourth-order valence-corrected chi connectivity index (χ4v) is 9.87. The molecular formula is C27H44N2O2. The smallest absolute Gasteiger partial charge is 0.322 e. The van der Waals surface area contributed by atoms with E-state index in [1.807, 2.05) is 0 Å². The molecule has 0 aromatic heterocycles. The average Bonchev–Trinajstić information content (AvgIpc) is 3.24. The quantitative estimate of drug-likeness (QED) is 0.536. The Kier molecular flexibility index (Phi) is 5.26. The molecule has 4 nitrogen and oxygen atoms in total. The second-order valence-corrected chi connectivity index (χ2v) is 12.9. The Morgan fingerprint density at radius 1 is 0.935 bits per heavy atom. The lowest BCUT2D eigenvalue weighted by molar-refractivity contribution is -0.154. The molecule has 4 heteroatoms. The van der Waals surface area contributed by atoms with Crippen molar-refractivity contribution >= 4 is 11.9 Å². The topological polar surface area (TPSA) is 58.2 Å². The van der Waals surface area contributed by atoms with E-state index >= 15 is 0 Å². The van der Waals surface area contributed by atoms with E-state index in [0.717, 1.165) is 36.5 Å². The number of carbonyl (C=O) groups excluding carboxylic acids is 2. The van der Waals surface area contributed by atoms with Gasteiger partial charge in [-0.05, 0) is 110 Å². The summed E-state index contributed by atoms with van der Waals surface area (Å²) in [5.74, 6) is 4.03. The molecule has 0 radical (unpaired) electrons. The third-order valence-electron chi connectivity index (χ3n) is 11.9. The van der Waals surface area contributed by atoms with Gasteiger partial charge in [0, 0.05) is 0 Å². The highest BCUT2D eigenvalue weighted by Crippen LogP contribution is 2.71. The van der Waals surface area contributed by atoms with Gasteiger partial charge in [0.15, 0.2) is 0 Å². The van der Waals surface area contributed by atoms with Crippen LogP contribution in [0.2, 0.25) is 0 Å². The average molecular weight is 429 g/mol. The van der Waals surface area contributed by atoms with Gasteiger partial charge < -0.3 is 5.32 Å². The Bertz CT molecular complexity index is 752. The number of imide groups is 1. The largest absolute Gasteiger partial charge is 0.326 e. The van der Waals surface area contributed by atoms with Gasteiger partial charge in [-0.3, -0.25) is 10.1 Å². The van der Waals surface area contributed by atoms with Crippen molar-refractivity contribution in [3.05, 3.63) is 0 Å². The van der Waals surface area contributed by atoms with Crippen molar-refractivity contribution in [2.75, 3.05) is 0 Å². The summed E-state index contributed by atoms with van der Waals surface area (Å²) < 4.78 is 0. The summed E-state index contributed by atoms with van der Waals surface area (Å²) in [6.45, 7) is 10.4. The van der Waals surface area contributed by atoms with Gasteiger partial charge >= 0.3 is 6.03 Å². The highest BCUT2D eigenvalue weighted by Gasteiger charge is 2.62. The fraction of sp³-hybridized carbons (Fsp3) is 0.926. The van der Waals surface area contributed by atoms with E-state index in [0.29, 0.717) is 22.2 Å². The molecule has 0 spiro atoms. The number of nitrogens with one attached hydrogen (secondary N) is 2. The Hall–Kier alpha value is -1.06. The summed E-state index contributed by atoms with van der Waals surface area (Å²) in [6.07, 6.45) is 16.2. The van der Waals surface area contributed by atoms with Crippen LogP contribution in [0.25, 0.3) is 0 Å². The van der Waals surface area contributed by atoms with E-state index in [4.69, 9.17) is 0 Å². The molecule has 9 atom stereocenters. The summed E-state index contributed by atoms with van der Waals surface area (Å²) in [5.41, 5.74) is 1.62. The zero-order valence-corrected chi connectivity index (χ0v) is 20.3. The van der Waals surface area contributed by atoms with Gasteiger partial charge in [0.2, 0.25) is 0 Å². The van der Waals surface area contributed by atoms with Crippen LogP contribution in [0.15, 0.2) is 0 Å². The lowest BCUT2D eigenvalue weighted by Crippen LogP contribution is -2.56. The normalized spacial score (nSPS) is 50.1. The first-order valence-corrected chi connectivity index (χ1v) is 13.3. The molecular weight excluding hydrogens is 384 g/mol. The maximum absolute atomic E-state index is 11.9. The van der Waals surface area contributed by atoms with Crippen molar-refractivity contribution in [3.63, 3.8) is 0 Å². The lowest BCUT2D eigenvalue weighted by atomic mass is 9.40. The van der Waals surface area contributed by atoms with Crippen LogP contribution >= 0.6 is 0 Å². The zero-order valence-electron chi connectivity index (χ0n) is 20.3. The molecule has 3 amide bonds. The van der Waals surface area contributed by atoms with Gasteiger partial charge in [-0.25, -0.2) is 4.79 Å². The zero-order chi connectivity index (χ0) is 22.0. The molecule has 1 aliphatic heterocycles. The van der Waals surface area contributed by atoms with Crippen molar-refractivity contribution in [2.45, 2.75) is 111 Å². The monoisotopic (exact) mass is 428 g/mol. The molecule has 0 aromatic rings. The molecule has 0 aromatic carbocycles.